The molecule has 0 heterocycles. The Hall–Kier alpha value is -2.56. The Kier molecular flexibility index (Phi) is 4.20. The van der Waals surface area contributed by atoms with E-state index in [0.717, 1.165) is 6.07 Å². The third kappa shape index (κ3) is 2.71. The van der Waals surface area contributed by atoms with Crippen LogP contribution in [0.15, 0.2) is 36.4 Å². The Morgan fingerprint density at radius 3 is 2.15 bits per heavy atom. The van der Waals surface area contributed by atoms with Gasteiger partial charge in [-0.25, -0.2) is 4.39 Å². The molecule has 2 rings (SSSR count). The highest BCUT2D eigenvalue weighted by Gasteiger charge is 2.14. The molecule has 2 aromatic carbocycles. The summed E-state index contributed by atoms with van der Waals surface area (Å²) < 4.78 is 29.7. The van der Waals surface area contributed by atoms with Gasteiger partial charge in [-0.2, -0.15) is 0 Å². The van der Waals surface area contributed by atoms with Crippen LogP contribution < -0.4 is 14.2 Å². The minimum atomic E-state index is -0.637. The predicted molar refractivity (Wildman–Crippen MR) is 71.4 cm³/mol. The molecule has 0 unspecified atom stereocenters. The van der Waals surface area contributed by atoms with Crippen molar-refractivity contribution in [1.82, 2.24) is 0 Å². The maximum atomic E-state index is 13.8. The van der Waals surface area contributed by atoms with Crippen LogP contribution in [0.3, 0.4) is 0 Å². The number of benzene rings is 2. The van der Waals surface area contributed by atoms with E-state index < -0.39 is 5.82 Å². The normalized spacial score (nSPS) is 9.95. The largest absolute Gasteiger partial charge is 0.493 e. The fourth-order valence-electron chi connectivity index (χ4n) is 1.70. The molecule has 2 aromatic rings. The van der Waals surface area contributed by atoms with Crippen LogP contribution in [-0.4, -0.2) is 20.5 Å². The lowest BCUT2D eigenvalue weighted by atomic mass is 10.2. The number of hydrogen-bond acceptors (Lipinski definition) is 4. The zero-order chi connectivity index (χ0) is 14.5. The van der Waals surface area contributed by atoms with Crippen LogP contribution in [0.4, 0.5) is 4.39 Å². The quantitative estimate of drug-likeness (QED) is 0.785. The third-order valence-electron chi connectivity index (χ3n) is 2.69. The summed E-state index contributed by atoms with van der Waals surface area (Å²) >= 11 is 0. The molecule has 0 saturated heterocycles. The molecule has 0 saturated carbocycles. The number of para-hydroxylation sites is 1. The van der Waals surface area contributed by atoms with E-state index in [1.54, 1.807) is 18.2 Å². The lowest BCUT2D eigenvalue weighted by Crippen LogP contribution is -1.96. The molecule has 5 heteroatoms. The summed E-state index contributed by atoms with van der Waals surface area (Å²) in [6, 6.07) is 9.03. The second-order valence-electron chi connectivity index (χ2n) is 3.90. The summed E-state index contributed by atoms with van der Waals surface area (Å²) in [7, 11) is 2.96. The zero-order valence-corrected chi connectivity index (χ0v) is 11.1. The number of carbonyl (C=O) groups is 1. The van der Waals surface area contributed by atoms with Crippen LogP contribution >= 0.6 is 0 Å². The molecular weight excluding hydrogens is 263 g/mol. The number of methoxy groups -OCH3 is 2. The molecule has 0 aliphatic rings. The van der Waals surface area contributed by atoms with Gasteiger partial charge in [-0.15, -0.1) is 0 Å². The minimum Gasteiger partial charge on any atom is -0.493 e. The summed E-state index contributed by atoms with van der Waals surface area (Å²) in [6.45, 7) is 0. The van der Waals surface area contributed by atoms with Gasteiger partial charge in [0.1, 0.15) is 6.29 Å². The first-order valence-corrected chi connectivity index (χ1v) is 5.83. The van der Waals surface area contributed by atoms with Crippen LogP contribution in [0.25, 0.3) is 0 Å². The number of rotatable bonds is 5. The number of aldehydes is 1. The molecule has 0 amide bonds. The van der Waals surface area contributed by atoms with Gasteiger partial charge in [0.15, 0.2) is 23.1 Å². The number of ether oxygens (including phenoxy) is 3. The summed E-state index contributed by atoms with van der Waals surface area (Å²) in [5.41, 5.74) is 0.238. The fourth-order valence-corrected chi connectivity index (χ4v) is 1.70. The molecule has 0 aliphatic heterocycles. The van der Waals surface area contributed by atoms with E-state index >= 15 is 0 Å². The Balaban J connectivity index is 2.41. The third-order valence-corrected chi connectivity index (χ3v) is 2.69. The maximum Gasteiger partial charge on any atom is 0.211 e. The second kappa shape index (κ2) is 6.06. The first-order chi connectivity index (χ1) is 9.69. The second-order valence-corrected chi connectivity index (χ2v) is 3.90. The van der Waals surface area contributed by atoms with Crippen molar-refractivity contribution in [2.24, 2.45) is 0 Å². The van der Waals surface area contributed by atoms with Gasteiger partial charge in [0, 0.05) is 5.56 Å². The van der Waals surface area contributed by atoms with Gasteiger partial charge in [0.25, 0.3) is 0 Å². The number of hydrogen-bond donors (Lipinski definition) is 0. The van der Waals surface area contributed by atoms with Crippen molar-refractivity contribution < 1.29 is 23.4 Å². The van der Waals surface area contributed by atoms with Gasteiger partial charge in [-0.05, 0) is 30.3 Å². The molecule has 0 N–H and O–H groups in total. The molecule has 0 radical (unpaired) electrons. The number of carbonyl (C=O) groups excluding carboxylic acids is 1. The SMILES string of the molecule is COc1cccc(OC)c1Oc1ccc(C=O)cc1F. The van der Waals surface area contributed by atoms with Gasteiger partial charge in [-0.3, -0.25) is 4.79 Å². The first-order valence-electron chi connectivity index (χ1n) is 5.83. The van der Waals surface area contributed by atoms with Crippen molar-refractivity contribution in [2.75, 3.05) is 14.2 Å². The monoisotopic (exact) mass is 276 g/mol. The van der Waals surface area contributed by atoms with Crippen molar-refractivity contribution in [1.29, 1.82) is 0 Å². The van der Waals surface area contributed by atoms with Crippen molar-refractivity contribution in [3.63, 3.8) is 0 Å². The van der Waals surface area contributed by atoms with Gasteiger partial charge < -0.3 is 14.2 Å². The Bertz CT molecular complexity index is 603. The smallest absolute Gasteiger partial charge is 0.211 e. The highest BCUT2D eigenvalue weighted by atomic mass is 19.1. The molecule has 0 bridgehead atoms. The van der Waals surface area contributed by atoms with E-state index in [-0.39, 0.29) is 17.1 Å². The van der Waals surface area contributed by atoms with Crippen molar-refractivity contribution in [3.8, 4) is 23.0 Å². The van der Waals surface area contributed by atoms with E-state index in [4.69, 9.17) is 14.2 Å². The minimum absolute atomic E-state index is 0.0154. The molecule has 0 spiro atoms. The van der Waals surface area contributed by atoms with Crippen LogP contribution in [0.1, 0.15) is 10.4 Å². The van der Waals surface area contributed by atoms with Gasteiger partial charge >= 0.3 is 0 Å². The number of halogens is 1. The molecule has 104 valence electrons. The molecule has 0 atom stereocenters. The summed E-state index contributed by atoms with van der Waals surface area (Å²) in [4.78, 5) is 10.6. The summed E-state index contributed by atoms with van der Waals surface area (Å²) in [5.74, 6) is 0.461. The van der Waals surface area contributed by atoms with E-state index in [0.29, 0.717) is 17.8 Å². The van der Waals surface area contributed by atoms with Gasteiger partial charge in [0.2, 0.25) is 5.75 Å². The highest BCUT2D eigenvalue weighted by molar-refractivity contribution is 5.75. The molecule has 0 aromatic heterocycles. The molecule has 0 aliphatic carbocycles. The maximum absolute atomic E-state index is 13.8. The lowest BCUT2D eigenvalue weighted by Gasteiger charge is -2.14. The topological polar surface area (TPSA) is 44.8 Å². The highest BCUT2D eigenvalue weighted by Crippen LogP contribution is 2.40. The van der Waals surface area contributed by atoms with Crippen LogP contribution in [-0.2, 0) is 0 Å². The fraction of sp³-hybridized carbons (Fsp3) is 0.133. The molecule has 4 nitrogen and oxygen atoms in total. The van der Waals surface area contributed by atoms with Crippen LogP contribution in [0, 0.1) is 5.82 Å². The average molecular weight is 276 g/mol. The van der Waals surface area contributed by atoms with Gasteiger partial charge in [0.05, 0.1) is 14.2 Å². The van der Waals surface area contributed by atoms with Crippen molar-refractivity contribution >= 4 is 6.29 Å². The van der Waals surface area contributed by atoms with Crippen molar-refractivity contribution in [2.45, 2.75) is 0 Å². The van der Waals surface area contributed by atoms with E-state index in [9.17, 15) is 9.18 Å². The molecule has 20 heavy (non-hydrogen) atoms. The van der Waals surface area contributed by atoms with Crippen LogP contribution in [0.5, 0.6) is 23.0 Å². The van der Waals surface area contributed by atoms with Crippen molar-refractivity contribution in [3.05, 3.63) is 47.8 Å². The lowest BCUT2D eigenvalue weighted by molar-refractivity contribution is 0.112. The van der Waals surface area contributed by atoms with E-state index in [2.05, 4.69) is 0 Å². The Labute approximate surface area is 115 Å². The summed E-state index contributed by atoms with van der Waals surface area (Å²) in [5, 5.41) is 0. The first kappa shape index (κ1) is 13.9. The Morgan fingerprint density at radius 2 is 1.65 bits per heavy atom. The van der Waals surface area contributed by atoms with E-state index in [1.807, 2.05) is 0 Å². The Morgan fingerprint density at radius 1 is 1.00 bits per heavy atom. The average Bonchev–Trinajstić information content (AvgIpc) is 2.49. The predicted octanol–water partition coefficient (Wildman–Crippen LogP) is 3.45. The van der Waals surface area contributed by atoms with E-state index in [1.165, 1.54) is 26.4 Å². The van der Waals surface area contributed by atoms with Gasteiger partial charge in [-0.1, -0.05) is 6.07 Å². The molecular formula is C15H13FO4. The standard InChI is InChI=1S/C15H13FO4/c1-18-13-4-3-5-14(19-2)15(13)20-12-7-6-10(9-17)8-11(12)16/h3-9H,1-2H3. The summed E-state index contributed by atoms with van der Waals surface area (Å²) in [6.07, 6.45) is 0.566. The zero-order valence-electron chi connectivity index (χ0n) is 11.1. The molecule has 0 fully saturated rings. The van der Waals surface area contributed by atoms with Crippen LogP contribution in [0.2, 0.25) is 0 Å².